The summed E-state index contributed by atoms with van der Waals surface area (Å²) in [6.07, 6.45) is -0.961. The van der Waals surface area contributed by atoms with E-state index in [-0.39, 0.29) is 12.2 Å². The normalized spacial score (nSPS) is 12.9. The number of imidazole rings is 1. The van der Waals surface area contributed by atoms with Crippen LogP contribution < -0.4 is 4.74 Å². The predicted molar refractivity (Wildman–Crippen MR) is 200 cm³/mol. The number of nitrogens with one attached hydrogen (secondary N) is 1. The average molecular weight is 758 g/mol. The van der Waals surface area contributed by atoms with Gasteiger partial charge in [-0.05, 0) is 87.9 Å². The van der Waals surface area contributed by atoms with Gasteiger partial charge >= 0.3 is 12.1 Å². The summed E-state index contributed by atoms with van der Waals surface area (Å²) in [7, 11) is 1.62. The molecule has 55 heavy (non-hydrogen) atoms. The molecule has 0 saturated carbocycles. The molecule has 1 unspecified atom stereocenters. The highest BCUT2D eigenvalue weighted by Crippen LogP contribution is 2.31. The predicted octanol–water partition coefficient (Wildman–Crippen LogP) is 7.08. The van der Waals surface area contributed by atoms with E-state index in [9.17, 15) is 14.8 Å². The van der Waals surface area contributed by atoms with Crippen molar-refractivity contribution >= 4 is 23.2 Å². The molecular formula is C38H47N9O8. The Morgan fingerprint density at radius 3 is 2.42 bits per heavy atom. The van der Waals surface area contributed by atoms with Gasteiger partial charge < -0.3 is 29.0 Å². The molecule has 5 rings (SSSR count). The van der Waals surface area contributed by atoms with Crippen LogP contribution in [0.2, 0.25) is 0 Å². The number of hydrazine groups is 1. The molecule has 17 heteroatoms. The number of aromatic amines is 1. The summed E-state index contributed by atoms with van der Waals surface area (Å²) in [6.45, 7) is 11.6. The number of rotatable bonds is 17. The van der Waals surface area contributed by atoms with Crippen LogP contribution in [0.25, 0.3) is 33.5 Å². The monoisotopic (exact) mass is 757 g/mol. The second kappa shape index (κ2) is 18.2. The molecule has 0 aliphatic heterocycles. The molecule has 0 bridgehead atoms. The first-order valence-electron chi connectivity index (χ1n) is 18.0. The number of carbonyl (C=O) groups excluding carboxylic acids is 2. The highest BCUT2D eigenvalue weighted by molar-refractivity contribution is 6.02. The summed E-state index contributed by atoms with van der Waals surface area (Å²) in [5.74, 6) is -0.218. The van der Waals surface area contributed by atoms with Crippen LogP contribution in [-0.4, -0.2) is 90.5 Å². The van der Waals surface area contributed by atoms with E-state index < -0.39 is 30.1 Å². The van der Waals surface area contributed by atoms with E-state index in [0.717, 1.165) is 22.3 Å². The maximum atomic E-state index is 13.5. The molecule has 2 aromatic heterocycles. The fraction of sp³-hybridized carbons (Fsp3) is 0.421. The topological polar surface area (TPSA) is 194 Å². The Morgan fingerprint density at radius 2 is 1.73 bits per heavy atom. The molecule has 2 heterocycles. The van der Waals surface area contributed by atoms with Gasteiger partial charge in [0.2, 0.25) is 17.4 Å². The van der Waals surface area contributed by atoms with E-state index in [1.807, 2.05) is 80.8 Å². The lowest BCUT2D eigenvalue weighted by atomic mass is 9.98. The first-order valence-corrected chi connectivity index (χ1v) is 18.0. The SMILES string of the molecule is CCOc1nc2cccc(C(=O)OC(C)OC(=O)O[C@@H](C)CCCCO/N=[N+](\[O-])N(C)C(C)(C)C)c2n1Cc1ccc(-c2ccccc2-c2nn[nH]n2)cc1. The Labute approximate surface area is 318 Å². The van der Waals surface area contributed by atoms with E-state index in [2.05, 4.69) is 30.9 Å². The van der Waals surface area contributed by atoms with Gasteiger partial charge in [0.25, 0.3) is 6.01 Å². The van der Waals surface area contributed by atoms with Crippen LogP contribution in [0.5, 0.6) is 6.01 Å². The first kappa shape index (κ1) is 39.9. The highest BCUT2D eigenvalue weighted by atomic mass is 16.8. The number of esters is 1. The second-order valence-corrected chi connectivity index (χ2v) is 13.7. The molecule has 0 aliphatic carbocycles. The number of unbranched alkanes of at least 4 members (excludes halogenated alkanes) is 1. The number of fused-ring (bicyclic) bond motifs is 1. The number of H-pyrrole nitrogens is 1. The van der Waals surface area contributed by atoms with E-state index in [4.69, 9.17) is 23.8 Å². The van der Waals surface area contributed by atoms with Gasteiger partial charge in [0.1, 0.15) is 12.7 Å². The van der Waals surface area contributed by atoms with Crippen molar-refractivity contribution in [3.63, 3.8) is 0 Å². The fourth-order valence-electron chi connectivity index (χ4n) is 5.52. The first-order chi connectivity index (χ1) is 26.3. The van der Waals surface area contributed by atoms with Crippen LogP contribution in [-0.2, 0) is 25.6 Å². The number of ether oxygens (including phenoxy) is 4. The van der Waals surface area contributed by atoms with Crippen molar-refractivity contribution in [2.75, 3.05) is 20.3 Å². The largest absolute Gasteiger partial charge is 0.569 e. The van der Waals surface area contributed by atoms with Crippen LogP contribution in [0.4, 0.5) is 4.79 Å². The van der Waals surface area contributed by atoms with Crippen LogP contribution in [0, 0.1) is 5.21 Å². The minimum atomic E-state index is -1.25. The average Bonchev–Trinajstić information content (AvgIpc) is 3.81. The van der Waals surface area contributed by atoms with Gasteiger partial charge in [-0.2, -0.15) is 10.2 Å². The molecule has 292 valence electrons. The third-order valence-electron chi connectivity index (χ3n) is 8.63. The number of carbonyl (C=O) groups is 2. The molecule has 1 N–H and O–H groups in total. The summed E-state index contributed by atoms with van der Waals surface area (Å²) in [6, 6.07) is 21.2. The Bertz CT molecular complexity index is 2060. The lowest BCUT2D eigenvalue weighted by Gasteiger charge is -2.26. The zero-order valence-electron chi connectivity index (χ0n) is 32.1. The van der Waals surface area contributed by atoms with Crippen LogP contribution in [0.15, 0.2) is 72.0 Å². The number of aromatic nitrogens is 6. The zero-order valence-corrected chi connectivity index (χ0v) is 32.1. The lowest BCUT2D eigenvalue weighted by Crippen LogP contribution is -2.42. The van der Waals surface area contributed by atoms with Crippen LogP contribution >= 0.6 is 0 Å². The molecule has 5 aromatic rings. The molecule has 2 atom stereocenters. The number of para-hydroxylation sites is 1. The molecule has 17 nitrogen and oxygen atoms in total. The van der Waals surface area contributed by atoms with Crippen LogP contribution in [0.3, 0.4) is 0 Å². The third-order valence-corrected chi connectivity index (χ3v) is 8.63. The molecule has 0 fully saturated rings. The summed E-state index contributed by atoms with van der Waals surface area (Å²) in [4.78, 5) is 36.2. The molecule has 0 radical (unpaired) electrons. The van der Waals surface area contributed by atoms with Gasteiger partial charge in [0, 0.05) is 12.5 Å². The van der Waals surface area contributed by atoms with Gasteiger partial charge in [0.15, 0.2) is 0 Å². The molecular weight excluding hydrogens is 710 g/mol. The van der Waals surface area contributed by atoms with Crippen molar-refractivity contribution in [2.24, 2.45) is 5.28 Å². The van der Waals surface area contributed by atoms with E-state index in [1.165, 1.54) is 11.9 Å². The number of benzene rings is 3. The Morgan fingerprint density at radius 1 is 0.982 bits per heavy atom. The van der Waals surface area contributed by atoms with Crippen LogP contribution in [0.1, 0.15) is 76.7 Å². The van der Waals surface area contributed by atoms with Crippen molar-refractivity contribution in [1.82, 2.24) is 35.2 Å². The minimum Gasteiger partial charge on any atom is -0.569 e. The molecule has 0 spiro atoms. The van der Waals surface area contributed by atoms with E-state index in [0.29, 0.717) is 60.3 Å². The smallest absolute Gasteiger partial charge is 0.511 e. The Kier molecular flexibility index (Phi) is 13.2. The standard InChI is InChI=1S/C38H47N9O8/c1-8-51-36-39-32-18-13-17-31(33(32)46(36)24-27-19-21-28(22-20-27)29-15-9-10-16-30(29)34-40-42-43-41-34)35(48)54-26(3)55-37(49)53-25(2)14-11-12-23-52-44-47(50)45(7)38(4,5)6/h9-10,13,15-22,25-26H,8,11-12,14,23-24H2,1-7H3,(H,40,41,42,43)/b47-44-/t25-,26?/m0/s1. The minimum absolute atomic E-state index is 0.220. The van der Waals surface area contributed by atoms with Crippen molar-refractivity contribution in [3.05, 3.63) is 83.1 Å². The fourth-order valence-corrected chi connectivity index (χ4v) is 5.52. The van der Waals surface area contributed by atoms with Gasteiger partial charge in [-0.1, -0.05) is 54.6 Å². The quantitative estimate of drug-likeness (QED) is 0.0253. The summed E-state index contributed by atoms with van der Waals surface area (Å²) in [5.41, 5.74) is 4.54. The number of hydrogen-bond donors (Lipinski definition) is 1. The van der Waals surface area contributed by atoms with Crippen molar-refractivity contribution in [1.29, 1.82) is 0 Å². The summed E-state index contributed by atoms with van der Waals surface area (Å²) in [5, 5.41) is 31.4. The second-order valence-electron chi connectivity index (χ2n) is 13.7. The third kappa shape index (κ3) is 10.5. The molecule has 0 saturated heterocycles. The molecule has 0 amide bonds. The number of nitrogens with zero attached hydrogens (tertiary/aromatic N) is 8. The van der Waals surface area contributed by atoms with Gasteiger partial charge in [0.05, 0.1) is 47.3 Å². The van der Waals surface area contributed by atoms with Crippen molar-refractivity contribution in [3.8, 4) is 28.5 Å². The Balaban J connectivity index is 1.18. The number of tetrazole rings is 1. The summed E-state index contributed by atoms with van der Waals surface area (Å²) < 4.78 is 23.8. The summed E-state index contributed by atoms with van der Waals surface area (Å²) >= 11 is 0. The maximum Gasteiger partial charge on any atom is 0.511 e. The molecule has 0 aliphatic rings. The van der Waals surface area contributed by atoms with E-state index >= 15 is 0 Å². The highest BCUT2D eigenvalue weighted by Gasteiger charge is 2.25. The van der Waals surface area contributed by atoms with Crippen molar-refractivity contribution in [2.45, 2.75) is 85.3 Å². The maximum absolute atomic E-state index is 13.5. The van der Waals surface area contributed by atoms with Gasteiger partial charge in [-0.3, -0.25) is 4.57 Å². The Hall–Kier alpha value is -6.26. The molecule has 3 aromatic carbocycles. The van der Waals surface area contributed by atoms with E-state index in [1.54, 1.807) is 32.2 Å². The van der Waals surface area contributed by atoms with Gasteiger partial charge in [-0.15, -0.1) is 15.2 Å². The van der Waals surface area contributed by atoms with Crippen molar-refractivity contribution < 1.29 is 38.3 Å². The zero-order chi connectivity index (χ0) is 39.5. The number of hydrogen-bond acceptors (Lipinski definition) is 13. The van der Waals surface area contributed by atoms with Gasteiger partial charge in [-0.25, -0.2) is 9.59 Å². The lowest BCUT2D eigenvalue weighted by molar-refractivity contribution is -0.719.